The molecule has 0 spiro atoms. The number of aromatic nitrogens is 2. The Morgan fingerprint density at radius 2 is 2.20 bits per heavy atom. The smallest absolute Gasteiger partial charge is 0.272 e. The van der Waals surface area contributed by atoms with Crippen molar-refractivity contribution >= 4 is 44.8 Å². The van der Waals surface area contributed by atoms with Crippen LogP contribution in [0, 0.1) is 0 Å². The fraction of sp³-hybridized carbons (Fsp3) is 0.231. The van der Waals surface area contributed by atoms with Crippen LogP contribution in [0.15, 0.2) is 29.0 Å². The highest BCUT2D eigenvalue weighted by molar-refractivity contribution is 9.10. The van der Waals surface area contributed by atoms with Crippen molar-refractivity contribution in [3.63, 3.8) is 0 Å². The number of anilines is 2. The van der Waals surface area contributed by atoms with Crippen molar-refractivity contribution in [1.29, 1.82) is 0 Å². The molecule has 0 saturated carbocycles. The Kier molecular flexibility index (Phi) is 4.35. The molecule has 5 nitrogen and oxygen atoms in total. The summed E-state index contributed by atoms with van der Waals surface area (Å²) >= 11 is 9.08. The fourth-order valence-corrected chi connectivity index (χ4v) is 2.25. The van der Waals surface area contributed by atoms with Gasteiger partial charge in [-0.15, -0.1) is 0 Å². The quantitative estimate of drug-likeness (QED) is 0.822. The molecule has 3 N–H and O–H groups in total. The van der Waals surface area contributed by atoms with Gasteiger partial charge in [0.05, 0.1) is 22.0 Å². The predicted molar refractivity (Wildman–Crippen MR) is 84.1 cm³/mol. The van der Waals surface area contributed by atoms with Crippen LogP contribution in [-0.2, 0) is 0 Å². The second-order valence-corrected chi connectivity index (χ2v) is 5.82. The number of hydrogen-bond donors (Lipinski definition) is 2. The van der Waals surface area contributed by atoms with Gasteiger partial charge in [0.1, 0.15) is 10.8 Å². The Bertz CT molecular complexity index is 654. The number of halogens is 2. The van der Waals surface area contributed by atoms with E-state index in [2.05, 4.69) is 26.2 Å². The van der Waals surface area contributed by atoms with E-state index in [-0.39, 0.29) is 11.9 Å². The molecule has 106 valence electrons. The molecule has 2 rings (SSSR count). The van der Waals surface area contributed by atoms with Gasteiger partial charge in [-0.2, -0.15) is 0 Å². The van der Waals surface area contributed by atoms with E-state index in [1.807, 2.05) is 18.4 Å². The first kappa shape index (κ1) is 14.9. The lowest BCUT2D eigenvalue weighted by Gasteiger charge is -2.12. The maximum Gasteiger partial charge on any atom is 0.272 e. The van der Waals surface area contributed by atoms with E-state index >= 15 is 0 Å². The molecule has 2 aromatic heterocycles. The van der Waals surface area contributed by atoms with Gasteiger partial charge in [0, 0.05) is 12.2 Å². The zero-order valence-corrected chi connectivity index (χ0v) is 13.4. The van der Waals surface area contributed by atoms with E-state index in [0.29, 0.717) is 26.7 Å². The maximum atomic E-state index is 12.3. The zero-order valence-electron chi connectivity index (χ0n) is 11.0. The number of nitrogen functional groups attached to an aromatic ring is 1. The molecule has 0 unspecified atom stereocenters. The minimum Gasteiger partial charge on any atom is -0.397 e. The maximum absolute atomic E-state index is 12.3. The van der Waals surface area contributed by atoms with Gasteiger partial charge in [-0.3, -0.25) is 4.79 Å². The van der Waals surface area contributed by atoms with Crippen molar-refractivity contribution in [2.45, 2.75) is 19.9 Å². The third-order valence-corrected chi connectivity index (χ3v) is 3.85. The van der Waals surface area contributed by atoms with E-state index in [0.717, 1.165) is 0 Å². The lowest BCUT2D eigenvalue weighted by molar-refractivity contribution is 0.101. The van der Waals surface area contributed by atoms with Crippen LogP contribution < -0.4 is 11.1 Å². The molecule has 0 aliphatic carbocycles. The molecule has 0 radical (unpaired) electrons. The highest BCUT2D eigenvalue weighted by atomic mass is 79.9. The molecule has 2 aromatic rings. The van der Waals surface area contributed by atoms with Crippen LogP contribution in [-0.4, -0.2) is 15.5 Å². The summed E-state index contributed by atoms with van der Waals surface area (Å²) in [6.07, 6.45) is 3.24. The fourth-order valence-electron chi connectivity index (χ4n) is 1.79. The number of amides is 1. The van der Waals surface area contributed by atoms with Crippen LogP contribution in [0.5, 0.6) is 0 Å². The molecule has 1 amide bonds. The van der Waals surface area contributed by atoms with Crippen molar-refractivity contribution in [3.8, 4) is 0 Å². The average molecular weight is 358 g/mol. The van der Waals surface area contributed by atoms with Gasteiger partial charge < -0.3 is 15.6 Å². The topological polar surface area (TPSA) is 72.9 Å². The minimum absolute atomic E-state index is 0.142. The van der Waals surface area contributed by atoms with E-state index < -0.39 is 0 Å². The SMILES string of the molecule is CC(C)n1cc(N)cc1C(=O)Nc1cnc(Cl)c(Br)c1. The van der Waals surface area contributed by atoms with E-state index in [4.69, 9.17) is 17.3 Å². The van der Waals surface area contributed by atoms with Crippen molar-refractivity contribution < 1.29 is 4.79 Å². The summed E-state index contributed by atoms with van der Waals surface area (Å²) in [6, 6.07) is 3.48. The van der Waals surface area contributed by atoms with Crippen molar-refractivity contribution in [3.05, 3.63) is 39.8 Å². The van der Waals surface area contributed by atoms with E-state index in [9.17, 15) is 4.79 Å². The molecule has 20 heavy (non-hydrogen) atoms. The predicted octanol–water partition coefficient (Wildman–Crippen LogP) is 3.71. The van der Waals surface area contributed by atoms with Crippen LogP contribution in [0.3, 0.4) is 0 Å². The second-order valence-electron chi connectivity index (χ2n) is 4.61. The summed E-state index contributed by atoms with van der Waals surface area (Å²) in [5.41, 5.74) is 7.37. The molecule has 0 fully saturated rings. The first-order valence-corrected chi connectivity index (χ1v) is 7.15. The number of carbonyl (C=O) groups excluding carboxylic acids is 1. The number of nitrogens with zero attached hydrogens (tertiary/aromatic N) is 2. The van der Waals surface area contributed by atoms with Gasteiger partial charge in [0.2, 0.25) is 0 Å². The molecule has 2 heterocycles. The number of nitrogens with two attached hydrogens (primary N) is 1. The van der Waals surface area contributed by atoms with Crippen LogP contribution >= 0.6 is 27.5 Å². The Morgan fingerprint density at radius 1 is 1.50 bits per heavy atom. The number of hydrogen-bond acceptors (Lipinski definition) is 3. The molecule has 0 saturated heterocycles. The lowest BCUT2D eigenvalue weighted by atomic mass is 10.3. The Labute approximate surface area is 130 Å². The van der Waals surface area contributed by atoms with Gasteiger partial charge in [-0.1, -0.05) is 11.6 Å². The second kappa shape index (κ2) is 5.85. The van der Waals surface area contributed by atoms with Gasteiger partial charge in [0.15, 0.2) is 0 Å². The average Bonchev–Trinajstić information content (AvgIpc) is 2.76. The number of nitrogens with one attached hydrogen (secondary N) is 1. The number of carbonyl (C=O) groups is 1. The van der Waals surface area contributed by atoms with Crippen molar-refractivity contribution in [2.24, 2.45) is 0 Å². The molecular formula is C13H14BrClN4O. The van der Waals surface area contributed by atoms with Gasteiger partial charge in [0.25, 0.3) is 5.91 Å². The summed E-state index contributed by atoms with van der Waals surface area (Å²) < 4.78 is 2.44. The molecule has 0 bridgehead atoms. The molecule has 0 aliphatic heterocycles. The lowest BCUT2D eigenvalue weighted by Crippen LogP contribution is -2.17. The highest BCUT2D eigenvalue weighted by Crippen LogP contribution is 2.24. The van der Waals surface area contributed by atoms with E-state index in [1.165, 1.54) is 6.20 Å². The number of pyridine rings is 1. The Morgan fingerprint density at radius 3 is 2.80 bits per heavy atom. The first-order chi connectivity index (χ1) is 9.38. The summed E-state index contributed by atoms with van der Waals surface area (Å²) in [4.78, 5) is 16.2. The molecule has 0 aromatic carbocycles. The van der Waals surface area contributed by atoms with Crippen LogP contribution in [0.2, 0.25) is 5.15 Å². The third kappa shape index (κ3) is 3.13. The molecule has 7 heteroatoms. The first-order valence-electron chi connectivity index (χ1n) is 5.98. The Balaban J connectivity index is 2.26. The van der Waals surface area contributed by atoms with Crippen molar-refractivity contribution in [2.75, 3.05) is 11.1 Å². The number of rotatable bonds is 3. The summed E-state index contributed by atoms with van der Waals surface area (Å²) in [5.74, 6) is -0.244. The van der Waals surface area contributed by atoms with Crippen molar-refractivity contribution in [1.82, 2.24) is 9.55 Å². The summed E-state index contributed by atoms with van der Waals surface area (Å²) in [5, 5.41) is 3.11. The normalized spacial score (nSPS) is 10.8. The monoisotopic (exact) mass is 356 g/mol. The van der Waals surface area contributed by atoms with Crippen LogP contribution in [0.25, 0.3) is 0 Å². The molecule has 0 aliphatic rings. The minimum atomic E-state index is -0.244. The summed E-state index contributed by atoms with van der Waals surface area (Å²) in [7, 11) is 0. The third-order valence-electron chi connectivity index (χ3n) is 2.71. The summed E-state index contributed by atoms with van der Waals surface area (Å²) in [6.45, 7) is 3.97. The zero-order chi connectivity index (χ0) is 14.9. The molecular weight excluding hydrogens is 344 g/mol. The van der Waals surface area contributed by atoms with E-state index in [1.54, 1.807) is 18.3 Å². The largest absolute Gasteiger partial charge is 0.397 e. The Hall–Kier alpha value is -1.53. The standard InChI is InChI=1S/C13H14BrClN4O/c1-7(2)19-6-8(16)3-11(19)13(20)18-9-4-10(14)12(15)17-5-9/h3-7H,16H2,1-2H3,(H,18,20). The molecule has 0 atom stereocenters. The van der Waals surface area contributed by atoms with Crippen LogP contribution in [0.1, 0.15) is 30.4 Å². The van der Waals surface area contributed by atoms with Gasteiger partial charge in [-0.05, 0) is 41.9 Å². The highest BCUT2D eigenvalue weighted by Gasteiger charge is 2.15. The van der Waals surface area contributed by atoms with Gasteiger partial charge >= 0.3 is 0 Å². The van der Waals surface area contributed by atoms with Gasteiger partial charge in [-0.25, -0.2) is 4.98 Å². The van der Waals surface area contributed by atoms with Crippen LogP contribution in [0.4, 0.5) is 11.4 Å².